The first-order valence-corrected chi connectivity index (χ1v) is 10.2. The first kappa shape index (κ1) is 21.8. The van der Waals surface area contributed by atoms with E-state index < -0.39 is 12.2 Å². The van der Waals surface area contributed by atoms with Crippen molar-refractivity contribution in [2.45, 2.75) is 31.5 Å². The fourth-order valence-electron chi connectivity index (χ4n) is 3.28. The van der Waals surface area contributed by atoms with E-state index in [1.54, 1.807) is 14.1 Å². The van der Waals surface area contributed by atoms with Crippen LogP contribution >= 0.6 is 0 Å². The number of nitrogens with zero attached hydrogens (tertiary/aromatic N) is 1. The quantitative estimate of drug-likeness (QED) is 0.567. The van der Waals surface area contributed by atoms with E-state index >= 15 is 0 Å². The van der Waals surface area contributed by atoms with Gasteiger partial charge >= 0.3 is 0 Å². The Morgan fingerprint density at radius 1 is 0.967 bits per heavy atom. The Morgan fingerprint density at radius 3 is 2.43 bits per heavy atom. The van der Waals surface area contributed by atoms with Crippen molar-refractivity contribution in [3.63, 3.8) is 0 Å². The van der Waals surface area contributed by atoms with Gasteiger partial charge in [-0.2, -0.15) is 0 Å². The van der Waals surface area contributed by atoms with Crippen LogP contribution in [0.15, 0.2) is 66.7 Å². The molecule has 0 spiro atoms. The van der Waals surface area contributed by atoms with Crippen LogP contribution in [0.3, 0.4) is 0 Å². The molecule has 3 aromatic rings. The highest BCUT2D eigenvalue weighted by molar-refractivity contribution is 5.84. The van der Waals surface area contributed by atoms with Crippen LogP contribution in [0.5, 0.6) is 5.75 Å². The summed E-state index contributed by atoms with van der Waals surface area (Å²) in [4.78, 5) is 13.1. The number of amides is 1. The highest BCUT2D eigenvalue weighted by Crippen LogP contribution is 2.26. The lowest BCUT2D eigenvalue weighted by Gasteiger charge is -2.15. The number of hydrogen-bond donors (Lipinski definition) is 2. The van der Waals surface area contributed by atoms with Crippen molar-refractivity contribution in [2.24, 2.45) is 0 Å². The molecule has 0 aliphatic carbocycles. The molecule has 0 fully saturated rings. The average Bonchev–Trinajstić information content (AvgIpc) is 2.76. The lowest BCUT2D eigenvalue weighted by molar-refractivity contribution is -0.129. The van der Waals surface area contributed by atoms with Gasteiger partial charge in [0.15, 0.2) is 0 Å². The zero-order valence-corrected chi connectivity index (χ0v) is 17.5. The highest BCUT2D eigenvalue weighted by atomic mass is 16.5. The maximum Gasteiger partial charge on any atom is 0.222 e. The second-order valence-corrected chi connectivity index (χ2v) is 7.77. The van der Waals surface area contributed by atoms with Gasteiger partial charge in [-0.15, -0.1) is 0 Å². The monoisotopic (exact) mass is 407 g/mol. The molecule has 0 aliphatic heterocycles. The molecular formula is C25H29NO4. The van der Waals surface area contributed by atoms with Crippen LogP contribution in [0.25, 0.3) is 10.8 Å². The number of aliphatic hydroxyl groups is 2. The van der Waals surface area contributed by atoms with Crippen molar-refractivity contribution in [1.29, 1.82) is 0 Å². The molecule has 0 radical (unpaired) electrons. The van der Waals surface area contributed by atoms with E-state index in [1.165, 1.54) is 4.90 Å². The van der Waals surface area contributed by atoms with E-state index in [1.807, 2.05) is 66.7 Å². The summed E-state index contributed by atoms with van der Waals surface area (Å²) < 4.78 is 5.73. The summed E-state index contributed by atoms with van der Waals surface area (Å²) in [7, 11) is 3.40. The van der Waals surface area contributed by atoms with Crippen LogP contribution < -0.4 is 4.74 Å². The molecule has 5 nitrogen and oxygen atoms in total. The number of carbonyl (C=O) groups is 1. The van der Waals surface area contributed by atoms with E-state index in [0.717, 1.165) is 21.9 Å². The van der Waals surface area contributed by atoms with E-state index in [2.05, 4.69) is 0 Å². The fraction of sp³-hybridized carbons (Fsp3) is 0.320. The summed E-state index contributed by atoms with van der Waals surface area (Å²) in [6.45, 7) is 0.128. The van der Waals surface area contributed by atoms with Gasteiger partial charge in [0.25, 0.3) is 0 Å². The normalized spacial score (nSPS) is 13.1. The molecule has 1 amide bonds. The van der Waals surface area contributed by atoms with Gasteiger partial charge in [-0.25, -0.2) is 0 Å². The topological polar surface area (TPSA) is 70.0 Å². The molecule has 2 unspecified atom stereocenters. The Kier molecular flexibility index (Phi) is 7.44. The van der Waals surface area contributed by atoms with E-state index in [4.69, 9.17) is 4.74 Å². The summed E-state index contributed by atoms with van der Waals surface area (Å²) in [6.07, 6.45) is -0.0836. The Morgan fingerprint density at radius 2 is 1.70 bits per heavy atom. The molecule has 2 N–H and O–H groups in total. The number of carbonyl (C=O) groups excluding carboxylic acids is 1. The molecule has 30 heavy (non-hydrogen) atoms. The Bertz CT molecular complexity index is 971. The standard InChI is InChI=1S/C25H29NO4/c1-26(2)25(29)13-11-22(27)17-30-23-12-10-19-8-9-20(15-21(19)16-23)24(28)14-18-6-4-3-5-7-18/h3-10,12,15-16,22,24,27-28H,11,13-14,17H2,1-2H3. The van der Waals surface area contributed by atoms with Crippen LogP contribution in [0.2, 0.25) is 0 Å². The van der Waals surface area contributed by atoms with Gasteiger partial charge in [-0.1, -0.05) is 48.5 Å². The summed E-state index contributed by atoms with van der Waals surface area (Å²) in [5, 5.41) is 22.7. The van der Waals surface area contributed by atoms with E-state index in [9.17, 15) is 15.0 Å². The van der Waals surface area contributed by atoms with Crippen LogP contribution in [0, 0.1) is 0 Å². The summed E-state index contributed by atoms with van der Waals surface area (Å²) in [5.74, 6) is 0.636. The maximum atomic E-state index is 11.6. The van der Waals surface area contributed by atoms with Crippen molar-refractivity contribution in [1.82, 2.24) is 4.90 Å². The third kappa shape index (κ3) is 6.05. The Hall–Kier alpha value is -2.89. The van der Waals surface area contributed by atoms with E-state index in [0.29, 0.717) is 18.6 Å². The number of aliphatic hydroxyl groups excluding tert-OH is 2. The third-order valence-corrected chi connectivity index (χ3v) is 5.13. The molecule has 5 heteroatoms. The van der Waals surface area contributed by atoms with Gasteiger partial charge < -0.3 is 19.8 Å². The number of ether oxygens (including phenoxy) is 1. The van der Waals surface area contributed by atoms with Crippen molar-refractivity contribution >= 4 is 16.7 Å². The third-order valence-electron chi connectivity index (χ3n) is 5.13. The summed E-state index contributed by atoms with van der Waals surface area (Å²) >= 11 is 0. The molecule has 3 aromatic carbocycles. The highest BCUT2D eigenvalue weighted by Gasteiger charge is 2.12. The van der Waals surface area contributed by atoms with Gasteiger partial charge in [-0.05, 0) is 46.5 Å². The molecule has 0 bridgehead atoms. The van der Waals surface area contributed by atoms with Gasteiger partial charge in [0, 0.05) is 26.9 Å². The predicted octanol–water partition coefficient (Wildman–Crippen LogP) is 3.72. The second-order valence-electron chi connectivity index (χ2n) is 7.77. The molecule has 0 saturated heterocycles. The molecule has 3 rings (SSSR count). The summed E-state index contributed by atoms with van der Waals surface area (Å²) in [6, 6.07) is 21.6. The zero-order chi connectivity index (χ0) is 21.5. The molecular weight excluding hydrogens is 378 g/mol. The van der Waals surface area contributed by atoms with Crippen molar-refractivity contribution in [2.75, 3.05) is 20.7 Å². The molecule has 0 aliphatic rings. The lowest BCUT2D eigenvalue weighted by Crippen LogP contribution is -2.25. The summed E-state index contributed by atoms with van der Waals surface area (Å²) in [5.41, 5.74) is 1.94. The van der Waals surface area contributed by atoms with Crippen molar-refractivity contribution in [3.8, 4) is 5.75 Å². The lowest BCUT2D eigenvalue weighted by atomic mass is 9.98. The predicted molar refractivity (Wildman–Crippen MR) is 118 cm³/mol. The molecule has 2 atom stereocenters. The minimum Gasteiger partial charge on any atom is -0.491 e. The number of rotatable bonds is 9. The zero-order valence-electron chi connectivity index (χ0n) is 17.5. The van der Waals surface area contributed by atoms with Gasteiger partial charge in [-0.3, -0.25) is 4.79 Å². The molecule has 0 saturated carbocycles. The van der Waals surface area contributed by atoms with Crippen LogP contribution in [-0.4, -0.2) is 47.8 Å². The Balaban J connectivity index is 1.62. The number of fused-ring (bicyclic) bond motifs is 1. The molecule has 0 aromatic heterocycles. The molecule has 0 heterocycles. The largest absolute Gasteiger partial charge is 0.491 e. The smallest absolute Gasteiger partial charge is 0.222 e. The van der Waals surface area contributed by atoms with Crippen LogP contribution in [-0.2, 0) is 11.2 Å². The van der Waals surface area contributed by atoms with Crippen LogP contribution in [0.1, 0.15) is 30.1 Å². The Labute approximate surface area is 177 Å². The number of hydrogen-bond acceptors (Lipinski definition) is 4. The maximum absolute atomic E-state index is 11.6. The SMILES string of the molecule is CN(C)C(=O)CCC(O)COc1ccc2ccc(C(O)Cc3ccccc3)cc2c1. The van der Waals surface area contributed by atoms with Gasteiger partial charge in [0.2, 0.25) is 5.91 Å². The first-order valence-electron chi connectivity index (χ1n) is 10.2. The van der Waals surface area contributed by atoms with Crippen LogP contribution in [0.4, 0.5) is 0 Å². The van der Waals surface area contributed by atoms with Crippen molar-refractivity contribution < 1.29 is 19.7 Å². The van der Waals surface area contributed by atoms with E-state index in [-0.39, 0.29) is 18.9 Å². The second kappa shape index (κ2) is 10.2. The minimum absolute atomic E-state index is 0.0126. The molecule has 158 valence electrons. The number of benzene rings is 3. The minimum atomic E-state index is -0.705. The first-order chi connectivity index (χ1) is 14.4. The van der Waals surface area contributed by atoms with Gasteiger partial charge in [0.05, 0.1) is 12.2 Å². The fourth-order valence-corrected chi connectivity index (χ4v) is 3.28. The van der Waals surface area contributed by atoms with Gasteiger partial charge in [0.1, 0.15) is 12.4 Å². The van der Waals surface area contributed by atoms with Crippen molar-refractivity contribution in [3.05, 3.63) is 77.9 Å². The average molecular weight is 408 g/mol.